The highest BCUT2D eigenvalue weighted by atomic mass is 32.2. The van der Waals surface area contributed by atoms with Crippen molar-refractivity contribution in [1.82, 2.24) is 9.71 Å². The molecule has 0 aliphatic heterocycles. The number of hydrogen-bond donors (Lipinski definition) is 2. The topological polar surface area (TPSA) is 88.2 Å². The number of nitrogens with one attached hydrogen (secondary N) is 2. The molecule has 1 fully saturated rings. The molecule has 1 aromatic heterocycles. The number of amides is 1. The van der Waals surface area contributed by atoms with Gasteiger partial charge in [-0.2, -0.15) is 0 Å². The number of halogens is 1. The third-order valence-electron chi connectivity index (χ3n) is 5.30. The normalized spacial score (nSPS) is 21.6. The van der Waals surface area contributed by atoms with Crippen molar-refractivity contribution in [2.45, 2.75) is 44.6 Å². The summed E-state index contributed by atoms with van der Waals surface area (Å²) in [5.74, 6) is -0.601. The maximum atomic E-state index is 13.5. The van der Waals surface area contributed by atoms with E-state index < -0.39 is 10.0 Å². The van der Waals surface area contributed by atoms with Crippen LogP contribution in [-0.4, -0.2) is 31.6 Å². The standard InChI is InChI=1S/C19H22FN3O3S2/c1-28(25,26)23-14-4-2-3-12(10-14)18(24)22-19-21-16-8-5-11-9-13(20)6-7-15(11)17(16)27-19/h6-7,9,12,14,23H,2-5,8,10H2,1H3,(H,21,22,24). The maximum Gasteiger partial charge on any atom is 0.229 e. The van der Waals surface area contributed by atoms with Crippen molar-refractivity contribution in [2.24, 2.45) is 5.92 Å². The minimum absolute atomic E-state index is 0.120. The van der Waals surface area contributed by atoms with E-state index in [2.05, 4.69) is 15.0 Å². The van der Waals surface area contributed by atoms with E-state index in [0.29, 0.717) is 11.6 Å². The number of aryl methyl sites for hydroxylation is 2. The van der Waals surface area contributed by atoms with Gasteiger partial charge in [-0.25, -0.2) is 22.5 Å². The Hall–Kier alpha value is -1.84. The lowest BCUT2D eigenvalue weighted by Crippen LogP contribution is -2.40. The number of nitrogens with zero attached hydrogens (tertiary/aromatic N) is 1. The summed E-state index contributed by atoms with van der Waals surface area (Å²) in [5, 5.41) is 3.46. The number of thiazole rings is 1. The molecule has 1 saturated carbocycles. The molecule has 150 valence electrons. The smallest absolute Gasteiger partial charge is 0.229 e. The van der Waals surface area contributed by atoms with Crippen LogP contribution in [0.5, 0.6) is 0 Å². The summed E-state index contributed by atoms with van der Waals surface area (Å²) >= 11 is 1.41. The summed E-state index contributed by atoms with van der Waals surface area (Å²) in [6, 6.07) is 4.58. The summed E-state index contributed by atoms with van der Waals surface area (Å²) in [6.07, 6.45) is 5.38. The first-order valence-electron chi connectivity index (χ1n) is 9.35. The minimum atomic E-state index is -3.28. The van der Waals surface area contributed by atoms with Gasteiger partial charge in [0.15, 0.2) is 5.13 Å². The van der Waals surface area contributed by atoms with Crippen molar-refractivity contribution >= 4 is 32.4 Å². The fraction of sp³-hybridized carbons (Fsp3) is 0.474. The third kappa shape index (κ3) is 4.26. The number of carbonyl (C=O) groups is 1. The summed E-state index contributed by atoms with van der Waals surface area (Å²) < 4.78 is 39.0. The van der Waals surface area contributed by atoms with Crippen LogP contribution in [0.2, 0.25) is 0 Å². The lowest BCUT2D eigenvalue weighted by atomic mass is 9.85. The van der Waals surface area contributed by atoms with Gasteiger partial charge in [0.25, 0.3) is 0 Å². The molecule has 0 radical (unpaired) electrons. The number of anilines is 1. The number of aromatic nitrogens is 1. The second-order valence-corrected chi connectivity index (χ2v) is 10.3. The van der Waals surface area contributed by atoms with Crippen LogP contribution in [0.25, 0.3) is 10.4 Å². The van der Waals surface area contributed by atoms with Crippen LogP contribution in [0.1, 0.15) is 36.9 Å². The molecule has 2 N–H and O–H groups in total. The molecule has 0 bridgehead atoms. The van der Waals surface area contributed by atoms with E-state index in [1.54, 1.807) is 12.1 Å². The predicted octanol–water partition coefficient (Wildman–Crippen LogP) is 3.09. The van der Waals surface area contributed by atoms with Gasteiger partial charge in [0.1, 0.15) is 5.82 Å². The molecule has 6 nitrogen and oxygen atoms in total. The van der Waals surface area contributed by atoms with Crippen LogP contribution >= 0.6 is 11.3 Å². The van der Waals surface area contributed by atoms with Gasteiger partial charge in [-0.1, -0.05) is 23.8 Å². The number of sulfonamides is 1. The average Bonchev–Trinajstić information content (AvgIpc) is 3.03. The molecular weight excluding hydrogens is 401 g/mol. The predicted molar refractivity (Wildman–Crippen MR) is 107 cm³/mol. The van der Waals surface area contributed by atoms with E-state index in [1.807, 2.05) is 0 Å². The van der Waals surface area contributed by atoms with E-state index in [-0.39, 0.29) is 23.7 Å². The van der Waals surface area contributed by atoms with Crippen molar-refractivity contribution < 1.29 is 17.6 Å². The Bertz CT molecular complexity index is 1020. The van der Waals surface area contributed by atoms with Gasteiger partial charge in [-0.05, 0) is 55.4 Å². The van der Waals surface area contributed by atoms with Crippen molar-refractivity contribution in [3.63, 3.8) is 0 Å². The highest BCUT2D eigenvalue weighted by Crippen LogP contribution is 2.40. The van der Waals surface area contributed by atoms with Crippen LogP contribution in [0.4, 0.5) is 9.52 Å². The van der Waals surface area contributed by atoms with Gasteiger partial charge in [-0.3, -0.25) is 4.79 Å². The number of hydrogen-bond acceptors (Lipinski definition) is 5. The van der Waals surface area contributed by atoms with Gasteiger partial charge < -0.3 is 5.32 Å². The zero-order valence-electron chi connectivity index (χ0n) is 15.5. The van der Waals surface area contributed by atoms with E-state index >= 15 is 0 Å². The molecule has 2 atom stereocenters. The zero-order chi connectivity index (χ0) is 19.9. The second kappa shape index (κ2) is 7.53. The fourth-order valence-electron chi connectivity index (χ4n) is 4.07. The lowest BCUT2D eigenvalue weighted by Gasteiger charge is -2.28. The minimum Gasteiger partial charge on any atom is -0.302 e. The van der Waals surface area contributed by atoms with Gasteiger partial charge in [0.2, 0.25) is 15.9 Å². The molecule has 0 saturated heterocycles. The fourth-order valence-corrected chi connectivity index (χ4v) is 5.97. The van der Waals surface area contributed by atoms with Crippen LogP contribution in [-0.2, 0) is 27.7 Å². The van der Waals surface area contributed by atoms with Crippen LogP contribution in [0.15, 0.2) is 18.2 Å². The summed E-state index contributed by atoms with van der Waals surface area (Å²) in [4.78, 5) is 18.3. The molecule has 4 rings (SSSR count). The highest BCUT2D eigenvalue weighted by Gasteiger charge is 2.30. The SMILES string of the molecule is CS(=O)(=O)NC1CCCC(C(=O)Nc2nc3c(s2)-c2ccc(F)cc2CC3)C1. The van der Waals surface area contributed by atoms with E-state index in [0.717, 1.165) is 60.1 Å². The molecule has 2 unspecified atom stereocenters. The van der Waals surface area contributed by atoms with E-state index in [9.17, 15) is 17.6 Å². The number of fused-ring (bicyclic) bond motifs is 3. The molecule has 9 heteroatoms. The van der Waals surface area contributed by atoms with Crippen LogP contribution < -0.4 is 10.0 Å². The van der Waals surface area contributed by atoms with Gasteiger partial charge in [0.05, 0.1) is 16.8 Å². The number of carbonyl (C=O) groups excluding carboxylic acids is 1. The van der Waals surface area contributed by atoms with Gasteiger partial charge in [0, 0.05) is 12.0 Å². The molecule has 1 aromatic carbocycles. The van der Waals surface area contributed by atoms with Crippen LogP contribution in [0.3, 0.4) is 0 Å². The Morgan fingerprint density at radius 3 is 2.89 bits per heavy atom. The van der Waals surface area contributed by atoms with E-state index in [4.69, 9.17) is 0 Å². The molecule has 2 aliphatic rings. The molecule has 1 amide bonds. The average molecular weight is 424 g/mol. The Labute approximate surface area is 167 Å². The summed E-state index contributed by atoms with van der Waals surface area (Å²) in [7, 11) is -3.28. The van der Waals surface area contributed by atoms with Crippen molar-refractivity contribution in [3.05, 3.63) is 35.3 Å². The largest absolute Gasteiger partial charge is 0.302 e. The molecule has 2 aliphatic carbocycles. The van der Waals surface area contributed by atoms with Gasteiger partial charge in [-0.15, -0.1) is 0 Å². The zero-order valence-corrected chi connectivity index (χ0v) is 17.1. The second-order valence-electron chi connectivity index (χ2n) is 7.54. The summed E-state index contributed by atoms with van der Waals surface area (Å²) in [6.45, 7) is 0. The molecular formula is C19H22FN3O3S2. The Balaban J connectivity index is 1.47. The first-order chi connectivity index (χ1) is 13.3. The van der Waals surface area contributed by atoms with E-state index in [1.165, 1.54) is 17.4 Å². The van der Waals surface area contributed by atoms with Crippen LogP contribution in [0, 0.1) is 11.7 Å². The Morgan fingerprint density at radius 1 is 1.29 bits per heavy atom. The molecule has 2 aromatic rings. The maximum absolute atomic E-state index is 13.5. The first-order valence-corrected chi connectivity index (χ1v) is 12.1. The van der Waals surface area contributed by atoms with Crippen molar-refractivity contribution in [3.8, 4) is 10.4 Å². The quantitative estimate of drug-likeness (QED) is 0.791. The van der Waals surface area contributed by atoms with Gasteiger partial charge >= 0.3 is 0 Å². The Morgan fingerprint density at radius 2 is 2.11 bits per heavy atom. The molecule has 0 spiro atoms. The van der Waals surface area contributed by atoms with Crippen molar-refractivity contribution in [1.29, 1.82) is 0 Å². The lowest BCUT2D eigenvalue weighted by molar-refractivity contribution is -0.120. The third-order valence-corrected chi connectivity index (χ3v) is 7.10. The molecule has 1 heterocycles. The molecule has 28 heavy (non-hydrogen) atoms. The first kappa shape index (κ1) is 19.5. The summed E-state index contributed by atoms with van der Waals surface area (Å²) in [5.41, 5.74) is 2.88. The monoisotopic (exact) mass is 423 g/mol. The highest BCUT2D eigenvalue weighted by molar-refractivity contribution is 7.88. The number of rotatable bonds is 4. The number of benzene rings is 1. The van der Waals surface area contributed by atoms with Crippen molar-refractivity contribution in [2.75, 3.05) is 11.6 Å². The Kier molecular flexibility index (Phi) is 5.24.